The van der Waals surface area contributed by atoms with Gasteiger partial charge in [0.25, 0.3) is 0 Å². The highest BCUT2D eigenvalue weighted by molar-refractivity contribution is 7.84. The standard InChI is InChI=1S/C10H11N3OS2/c1-7-5-15-9(13-7)6-16(14)10-8(11)3-2-4-12-10/h2-5H,6,11H2,1H3. The first-order valence-corrected chi connectivity index (χ1v) is 6.86. The van der Waals surface area contributed by atoms with Crippen LogP contribution >= 0.6 is 11.3 Å². The van der Waals surface area contributed by atoms with E-state index in [1.165, 1.54) is 11.3 Å². The molecule has 0 bridgehead atoms. The van der Waals surface area contributed by atoms with Crippen LogP contribution in [0.3, 0.4) is 0 Å². The SMILES string of the molecule is Cc1csc(CS(=O)c2ncccc2N)n1. The molecule has 0 radical (unpaired) electrons. The Hall–Kier alpha value is -1.27. The van der Waals surface area contributed by atoms with Crippen LogP contribution in [0.5, 0.6) is 0 Å². The molecule has 0 aliphatic carbocycles. The second-order valence-corrected chi connectivity index (χ2v) is 5.58. The average Bonchev–Trinajstić information content (AvgIpc) is 2.64. The summed E-state index contributed by atoms with van der Waals surface area (Å²) in [5, 5.41) is 3.23. The van der Waals surface area contributed by atoms with Gasteiger partial charge in [-0.25, -0.2) is 9.97 Å². The lowest BCUT2D eigenvalue weighted by Gasteiger charge is -2.01. The van der Waals surface area contributed by atoms with Crippen molar-refractivity contribution in [2.24, 2.45) is 0 Å². The highest BCUT2D eigenvalue weighted by Gasteiger charge is 2.11. The van der Waals surface area contributed by atoms with E-state index in [1.54, 1.807) is 18.3 Å². The second kappa shape index (κ2) is 4.71. The summed E-state index contributed by atoms with van der Waals surface area (Å²) in [5.74, 6) is 0.375. The fourth-order valence-corrected chi connectivity index (χ4v) is 3.33. The zero-order chi connectivity index (χ0) is 11.5. The number of nitrogen functional groups attached to an aromatic ring is 1. The predicted octanol–water partition coefficient (Wildman–Crippen LogP) is 1.74. The number of aromatic nitrogens is 2. The largest absolute Gasteiger partial charge is 0.396 e. The summed E-state index contributed by atoms with van der Waals surface area (Å²) < 4.78 is 12.0. The predicted molar refractivity (Wildman–Crippen MR) is 65.6 cm³/mol. The Morgan fingerprint density at radius 2 is 2.38 bits per heavy atom. The van der Waals surface area contributed by atoms with Crippen molar-refractivity contribution in [3.63, 3.8) is 0 Å². The maximum Gasteiger partial charge on any atom is 0.150 e. The number of nitrogens with zero attached hydrogens (tertiary/aromatic N) is 2. The van der Waals surface area contributed by atoms with E-state index < -0.39 is 10.8 Å². The van der Waals surface area contributed by atoms with Crippen LogP contribution < -0.4 is 5.73 Å². The minimum atomic E-state index is -1.22. The number of thiazole rings is 1. The topological polar surface area (TPSA) is 68.9 Å². The molecule has 2 rings (SSSR count). The fraction of sp³-hybridized carbons (Fsp3) is 0.200. The summed E-state index contributed by atoms with van der Waals surface area (Å²) in [6.45, 7) is 1.91. The Kier molecular flexibility index (Phi) is 3.31. The summed E-state index contributed by atoms with van der Waals surface area (Å²) in [5.41, 5.74) is 7.12. The monoisotopic (exact) mass is 253 g/mol. The van der Waals surface area contributed by atoms with Gasteiger partial charge >= 0.3 is 0 Å². The number of rotatable bonds is 3. The van der Waals surface area contributed by atoms with Gasteiger partial charge < -0.3 is 5.73 Å². The van der Waals surface area contributed by atoms with Gasteiger partial charge in [0.2, 0.25) is 0 Å². The molecule has 0 amide bonds. The first kappa shape index (κ1) is 11.2. The molecule has 6 heteroatoms. The molecule has 1 unspecified atom stereocenters. The Labute approximate surface area is 100 Å². The van der Waals surface area contributed by atoms with Crippen molar-refractivity contribution in [3.05, 3.63) is 34.4 Å². The minimum absolute atomic E-state index is 0.375. The lowest BCUT2D eigenvalue weighted by atomic mass is 10.4. The van der Waals surface area contributed by atoms with Gasteiger partial charge in [0.15, 0.2) is 0 Å². The van der Waals surface area contributed by atoms with Crippen LogP contribution in [0, 0.1) is 6.92 Å². The smallest absolute Gasteiger partial charge is 0.150 e. The third kappa shape index (κ3) is 2.45. The maximum absolute atomic E-state index is 12.0. The van der Waals surface area contributed by atoms with Gasteiger partial charge in [-0.3, -0.25) is 4.21 Å². The van der Waals surface area contributed by atoms with Gasteiger partial charge in [0.05, 0.1) is 22.2 Å². The molecule has 0 saturated heterocycles. The normalized spacial score (nSPS) is 12.6. The second-order valence-electron chi connectivity index (χ2n) is 3.27. The van der Waals surface area contributed by atoms with Gasteiger partial charge in [0, 0.05) is 17.3 Å². The molecule has 0 saturated carbocycles. The van der Waals surface area contributed by atoms with Crippen LogP contribution in [0.25, 0.3) is 0 Å². The lowest BCUT2D eigenvalue weighted by molar-refractivity contribution is 0.680. The van der Waals surface area contributed by atoms with Crippen LogP contribution in [0.2, 0.25) is 0 Å². The van der Waals surface area contributed by atoms with Crippen molar-refractivity contribution in [1.29, 1.82) is 0 Å². The van der Waals surface area contributed by atoms with Crippen LogP contribution in [-0.4, -0.2) is 14.2 Å². The molecule has 0 aliphatic heterocycles. The summed E-state index contributed by atoms with van der Waals surface area (Å²) in [6, 6.07) is 3.43. The Bertz CT molecular complexity index is 524. The van der Waals surface area contributed by atoms with E-state index in [1.807, 2.05) is 12.3 Å². The van der Waals surface area contributed by atoms with Crippen molar-refractivity contribution in [2.75, 3.05) is 5.73 Å². The Balaban J connectivity index is 2.18. The van der Waals surface area contributed by atoms with E-state index in [2.05, 4.69) is 9.97 Å². The van der Waals surface area contributed by atoms with E-state index in [9.17, 15) is 4.21 Å². The number of aryl methyl sites for hydroxylation is 1. The van der Waals surface area contributed by atoms with E-state index in [0.29, 0.717) is 16.5 Å². The molecule has 0 spiro atoms. The number of nitrogens with two attached hydrogens (primary N) is 1. The summed E-state index contributed by atoms with van der Waals surface area (Å²) in [6.07, 6.45) is 1.59. The van der Waals surface area contributed by atoms with Crippen molar-refractivity contribution < 1.29 is 4.21 Å². The van der Waals surface area contributed by atoms with Crippen LogP contribution in [0.15, 0.2) is 28.7 Å². The molecule has 84 valence electrons. The summed E-state index contributed by atoms with van der Waals surface area (Å²) in [4.78, 5) is 8.30. The fourth-order valence-electron chi connectivity index (χ4n) is 1.24. The number of pyridine rings is 1. The average molecular weight is 253 g/mol. The molecule has 16 heavy (non-hydrogen) atoms. The lowest BCUT2D eigenvalue weighted by Crippen LogP contribution is -2.03. The number of anilines is 1. The molecular formula is C10H11N3OS2. The Morgan fingerprint density at radius 3 is 3.00 bits per heavy atom. The number of hydrogen-bond donors (Lipinski definition) is 1. The Morgan fingerprint density at radius 1 is 1.56 bits per heavy atom. The molecule has 0 aliphatic rings. The molecule has 4 nitrogen and oxygen atoms in total. The van der Waals surface area contributed by atoms with Crippen molar-refractivity contribution >= 4 is 27.8 Å². The molecule has 1 atom stereocenters. The van der Waals surface area contributed by atoms with Gasteiger partial charge in [-0.1, -0.05) is 0 Å². The van der Waals surface area contributed by atoms with E-state index in [0.717, 1.165) is 10.7 Å². The van der Waals surface area contributed by atoms with Gasteiger partial charge in [-0.15, -0.1) is 11.3 Å². The third-order valence-electron chi connectivity index (χ3n) is 1.94. The van der Waals surface area contributed by atoms with E-state index in [4.69, 9.17) is 5.73 Å². The quantitative estimate of drug-likeness (QED) is 0.904. The first-order chi connectivity index (χ1) is 7.66. The molecule has 2 aromatic heterocycles. The zero-order valence-electron chi connectivity index (χ0n) is 8.71. The van der Waals surface area contributed by atoms with Crippen molar-refractivity contribution in [2.45, 2.75) is 17.7 Å². The third-order valence-corrected chi connectivity index (χ3v) is 4.39. The summed E-state index contributed by atoms with van der Waals surface area (Å²) in [7, 11) is -1.22. The maximum atomic E-state index is 12.0. The molecular weight excluding hydrogens is 242 g/mol. The zero-order valence-corrected chi connectivity index (χ0v) is 10.3. The van der Waals surface area contributed by atoms with Gasteiger partial charge in [0.1, 0.15) is 10.0 Å². The highest BCUT2D eigenvalue weighted by Crippen LogP contribution is 2.18. The molecule has 0 aromatic carbocycles. The van der Waals surface area contributed by atoms with E-state index in [-0.39, 0.29) is 0 Å². The first-order valence-electron chi connectivity index (χ1n) is 4.66. The van der Waals surface area contributed by atoms with Crippen molar-refractivity contribution in [1.82, 2.24) is 9.97 Å². The van der Waals surface area contributed by atoms with Crippen LogP contribution in [-0.2, 0) is 16.6 Å². The molecule has 0 fully saturated rings. The van der Waals surface area contributed by atoms with Gasteiger partial charge in [-0.05, 0) is 19.1 Å². The van der Waals surface area contributed by atoms with Crippen molar-refractivity contribution in [3.8, 4) is 0 Å². The van der Waals surface area contributed by atoms with Gasteiger partial charge in [-0.2, -0.15) is 0 Å². The van der Waals surface area contributed by atoms with Crippen LogP contribution in [0.4, 0.5) is 5.69 Å². The molecule has 2 N–H and O–H groups in total. The number of hydrogen-bond acceptors (Lipinski definition) is 5. The van der Waals surface area contributed by atoms with Crippen LogP contribution in [0.1, 0.15) is 10.7 Å². The molecule has 2 aromatic rings. The minimum Gasteiger partial charge on any atom is -0.396 e. The highest BCUT2D eigenvalue weighted by atomic mass is 32.2. The summed E-state index contributed by atoms with van der Waals surface area (Å²) >= 11 is 1.51. The molecule has 2 heterocycles. The van der Waals surface area contributed by atoms with E-state index >= 15 is 0 Å².